The van der Waals surface area contributed by atoms with E-state index in [1.807, 2.05) is 55.5 Å². The summed E-state index contributed by atoms with van der Waals surface area (Å²) in [5.74, 6) is 1.57. The Morgan fingerprint density at radius 1 is 0.946 bits per heavy atom. The molecule has 0 radical (unpaired) electrons. The zero-order chi connectivity index (χ0) is 25.4. The highest BCUT2D eigenvalue weighted by Crippen LogP contribution is 2.43. The van der Waals surface area contributed by atoms with Crippen LogP contribution in [0.2, 0.25) is 5.02 Å². The number of anilines is 2. The van der Waals surface area contributed by atoms with Crippen LogP contribution in [0.25, 0.3) is 11.3 Å². The molecule has 2 atom stereocenters. The highest BCUT2D eigenvalue weighted by Gasteiger charge is 2.42. The molecule has 4 heterocycles. The van der Waals surface area contributed by atoms with E-state index in [1.54, 1.807) is 6.20 Å². The van der Waals surface area contributed by atoms with Gasteiger partial charge in [-0.2, -0.15) is 0 Å². The Morgan fingerprint density at radius 3 is 2.49 bits per heavy atom. The number of nitrogens with zero attached hydrogens (tertiary/aromatic N) is 3. The van der Waals surface area contributed by atoms with Gasteiger partial charge in [-0.25, -0.2) is 0 Å². The molecule has 2 aliphatic heterocycles. The first kappa shape index (κ1) is 24.0. The highest BCUT2D eigenvalue weighted by atomic mass is 35.5. The van der Waals surface area contributed by atoms with Crippen molar-refractivity contribution >= 4 is 40.3 Å². The molecule has 4 aromatic rings. The van der Waals surface area contributed by atoms with Crippen LogP contribution in [0.3, 0.4) is 0 Å². The number of hydrogen-bond acceptors (Lipinski definition) is 5. The summed E-state index contributed by atoms with van der Waals surface area (Å²) in [5.41, 5.74) is 5.04. The number of aromatic nitrogens is 1. The quantitative estimate of drug-likeness (QED) is 0.303. The second-order valence-electron chi connectivity index (χ2n) is 9.23. The molecule has 2 fully saturated rings. The third-order valence-electron chi connectivity index (χ3n) is 7.05. The second-order valence-corrected chi connectivity index (χ2v) is 10.0. The summed E-state index contributed by atoms with van der Waals surface area (Å²) < 4.78 is 12.0. The molecule has 37 heavy (non-hydrogen) atoms. The van der Waals surface area contributed by atoms with Gasteiger partial charge in [0.1, 0.15) is 17.6 Å². The van der Waals surface area contributed by atoms with Gasteiger partial charge in [-0.05, 0) is 79.3 Å². The molecule has 6 rings (SSSR count). The van der Waals surface area contributed by atoms with Gasteiger partial charge in [0.15, 0.2) is 5.11 Å². The largest absolute Gasteiger partial charge is 0.459 e. The first-order chi connectivity index (χ1) is 18.1. The smallest absolute Gasteiger partial charge is 0.174 e. The average molecular weight is 531 g/mol. The van der Waals surface area contributed by atoms with Crippen molar-refractivity contribution in [3.8, 4) is 11.3 Å². The summed E-state index contributed by atoms with van der Waals surface area (Å²) in [5, 5.41) is 4.85. The van der Waals surface area contributed by atoms with E-state index in [4.69, 9.17) is 33.0 Å². The lowest BCUT2D eigenvalue weighted by Crippen LogP contribution is -2.36. The van der Waals surface area contributed by atoms with Gasteiger partial charge in [-0.15, -0.1) is 0 Å². The summed E-state index contributed by atoms with van der Waals surface area (Å²) in [6, 6.07) is 24.0. The zero-order valence-electron chi connectivity index (χ0n) is 20.4. The Bertz CT molecular complexity index is 1400. The molecule has 2 aromatic heterocycles. The molecule has 2 aromatic carbocycles. The maximum absolute atomic E-state index is 6.51. The number of hydrogen-bond donors (Lipinski definition) is 1. The van der Waals surface area contributed by atoms with Crippen molar-refractivity contribution in [3.63, 3.8) is 0 Å². The monoisotopic (exact) mass is 530 g/mol. The van der Waals surface area contributed by atoms with Gasteiger partial charge < -0.3 is 24.3 Å². The molecule has 188 valence electrons. The van der Waals surface area contributed by atoms with Crippen LogP contribution in [0, 0.1) is 6.92 Å². The van der Waals surface area contributed by atoms with Crippen molar-refractivity contribution in [3.05, 3.63) is 101 Å². The van der Waals surface area contributed by atoms with E-state index in [9.17, 15) is 0 Å². The lowest BCUT2D eigenvalue weighted by molar-refractivity contribution is 0.122. The molecule has 0 saturated carbocycles. The number of pyridine rings is 1. The fourth-order valence-corrected chi connectivity index (χ4v) is 5.62. The fraction of sp³-hybridized carbons (Fsp3) is 0.241. The van der Waals surface area contributed by atoms with Crippen LogP contribution in [0.4, 0.5) is 11.4 Å². The Hall–Kier alpha value is -3.39. The number of thiocarbonyl (C=S) groups is 1. The predicted octanol–water partition coefficient (Wildman–Crippen LogP) is 6.32. The number of benzene rings is 2. The number of furan rings is 1. The third-order valence-corrected chi connectivity index (χ3v) is 7.78. The Kier molecular flexibility index (Phi) is 6.59. The van der Waals surface area contributed by atoms with E-state index in [-0.39, 0.29) is 12.1 Å². The van der Waals surface area contributed by atoms with E-state index >= 15 is 0 Å². The molecule has 0 spiro atoms. The number of ether oxygens (including phenoxy) is 1. The van der Waals surface area contributed by atoms with Gasteiger partial charge in [-0.1, -0.05) is 29.8 Å². The molecular weight excluding hydrogens is 504 g/mol. The van der Waals surface area contributed by atoms with Crippen LogP contribution in [0.1, 0.15) is 29.1 Å². The van der Waals surface area contributed by atoms with E-state index in [0.717, 1.165) is 60.3 Å². The van der Waals surface area contributed by atoms with Gasteiger partial charge in [0.2, 0.25) is 0 Å². The van der Waals surface area contributed by atoms with Gasteiger partial charge in [0.05, 0.1) is 24.9 Å². The maximum Gasteiger partial charge on any atom is 0.174 e. The van der Waals surface area contributed by atoms with E-state index in [1.165, 1.54) is 5.69 Å². The van der Waals surface area contributed by atoms with E-state index in [0.29, 0.717) is 10.1 Å². The minimum atomic E-state index is -0.218. The van der Waals surface area contributed by atoms with Crippen LogP contribution < -0.4 is 15.1 Å². The standard InChI is InChI=1S/C29H27ClN4O2S/c1-19-22(5-4-6-23(19)30)25-12-13-26(36-25)28-27(24-7-2-3-14-31-24)32-29(37)34(28)21-10-8-20(9-11-21)33-15-17-35-18-16-33/h2-14,27-28H,15-18H2,1H3,(H,32,37)/t27-,28+/m1/s1. The lowest BCUT2D eigenvalue weighted by Gasteiger charge is -2.30. The maximum atomic E-state index is 6.51. The number of rotatable bonds is 5. The van der Waals surface area contributed by atoms with Gasteiger partial charge in [0.25, 0.3) is 0 Å². The first-order valence-corrected chi connectivity index (χ1v) is 13.2. The van der Waals surface area contributed by atoms with E-state index in [2.05, 4.69) is 44.4 Å². The Morgan fingerprint density at radius 2 is 1.73 bits per heavy atom. The fourth-order valence-electron chi connectivity index (χ4n) is 5.10. The molecule has 0 aliphatic carbocycles. The van der Waals surface area contributed by atoms with Crippen LogP contribution in [-0.2, 0) is 4.74 Å². The molecule has 0 amide bonds. The molecule has 1 N–H and O–H groups in total. The summed E-state index contributed by atoms with van der Waals surface area (Å²) in [7, 11) is 0. The lowest BCUT2D eigenvalue weighted by atomic mass is 10.0. The number of morpholine rings is 1. The van der Waals surface area contributed by atoms with Crippen molar-refractivity contribution in [1.29, 1.82) is 0 Å². The highest BCUT2D eigenvalue weighted by molar-refractivity contribution is 7.80. The SMILES string of the molecule is Cc1c(Cl)cccc1-c1ccc([C@H]2[C@@H](c3ccccn3)NC(=S)N2c2ccc(N3CCOCC3)cc2)o1. The van der Waals surface area contributed by atoms with Crippen molar-refractivity contribution in [2.24, 2.45) is 0 Å². The number of nitrogens with one attached hydrogen (secondary N) is 1. The minimum absolute atomic E-state index is 0.174. The van der Waals surface area contributed by atoms with Gasteiger partial charge in [-0.3, -0.25) is 4.98 Å². The molecule has 0 bridgehead atoms. The molecule has 6 nitrogen and oxygen atoms in total. The molecule has 2 saturated heterocycles. The molecule has 0 unspecified atom stereocenters. The second kappa shape index (κ2) is 10.2. The first-order valence-electron chi connectivity index (χ1n) is 12.4. The summed E-state index contributed by atoms with van der Waals surface area (Å²) in [6.45, 7) is 5.30. The van der Waals surface area contributed by atoms with Crippen molar-refractivity contribution in [1.82, 2.24) is 10.3 Å². The summed E-state index contributed by atoms with van der Waals surface area (Å²) >= 11 is 12.3. The van der Waals surface area contributed by atoms with Crippen LogP contribution >= 0.6 is 23.8 Å². The topological polar surface area (TPSA) is 53.8 Å². The normalized spacial score (nSPS) is 19.8. The Labute approximate surface area is 226 Å². The average Bonchev–Trinajstić information content (AvgIpc) is 3.56. The van der Waals surface area contributed by atoms with Gasteiger partial charge >= 0.3 is 0 Å². The van der Waals surface area contributed by atoms with Gasteiger partial charge in [0, 0.05) is 41.2 Å². The van der Waals surface area contributed by atoms with Crippen molar-refractivity contribution in [2.45, 2.75) is 19.0 Å². The van der Waals surface area contributed by atoms with Crippen LogP contribution in [0.5, 0.6) is 0 Å². The predicted molar refractivity (Wildman–Crippen MR) is 151 cm³/mol. The zero-order valence-corrected chi connectivity index (χ0v) is 22.0. The molecule has 2 aliphatic rings. The summed E-state index contributed by atoms with van der Waals surface area (Å²) in [6.07, 6.45) is 1.81. The molecular formula is C29H27ClN4O2S. The summed E-state index contributed by atoms with van der Waals surface area (Å²) in [4.78, 5) is 9.11. The third kappa shape index (κ3) is 4.59. The minimum Gasteiger partial charge on any atom is -0.459 e. The van der Waals surface area contributed by atoms with Crippen LogP contribution in [0.15, 0.2) is 83.4 Å². The number of halogens is 1. The van der Waals surface area contributed by atoms with Crippen molar-refractivity contribution in [2.75, 3.05) is 36.1 Å². The Balaban J connectivity index is 1.38. The van der Waals surface area contributed by atoms with Crippen molar-refractivity contribution < 1.29 is 9.15 Å². The van der Waals surface area contributed by atoms with E-state index < -0.39 is 0 Å². The van der Waals surface area contributed by atoms with Crippen LogP contribution in [-0.4, -0.2) is 36.4 Å². The molecule has 8 heteroatoms.